The molecular weight excluding hydrogens is 293 g/mol. The first-order chi connectivity index (χ1) is 10.1. The minimum atomic E-state index is -3.20. The van der Waals surface area contributed by atoms with Crippen LogP contribution in [0, 0.1) is 0 Å². The lowest BCUT2D eigenvalue weighted by atomic mass is 10.1. The summed E-state index contributed by atoms with van der Waals surface area (Å²) < 4.78 is 33.0. The number of methoxy groups -OCH3 is 2. The van der Waals surface area contributed by atoms with E-state index in [2.05, 4.69) is 5.09 Å². The Morgan fingerprint density at radius 3 is 2.19 bits per heavy atom. The van der Waals surface area contributed by atoms with Gasteiger partial charge in [-0.3, -0.25) is 9.05 Å². The van der Waals surface area contributed by atoms with Gasteiger partial charge in [0.25, 0.3) is 0 Å². The fourth-order valence-electron chi connectivity index (χ4n) is 1.84. The Hall–Kier alpha value is -1.07. The highest BCUT2D eigenvalue weighted by atomic mass is 31.2. The van der Waals surface area contributed by atoms with Crippen LogP contribution in [0.25, 0.3) is 0 Å². The molecule has 0 radical (unpaired) electrons. The maximum atomic E-state index is 12.2. The SMILES string of the molecule is CCOP(=O)(NCCc1ccc(OC)c(OC)c1)OCC. The van der Waals surface area contributed by atoms with Crippen molar-refractivity contribution in [2.24, 2.45) is 0 Å². The average Bonchev–Trinajstić information content (AvgIpc) is 2.47. The molecule has 0 saturated heterocycles. The van der Waals surface area contributed by atoms with Crippen molar-refractivity contribution in [2.75, 3.05) is 34.0 Å². The zero-order chi connectivity index (χ0) is 15.7. The Kier molecular flexibility index (Phi) is 7.75. The summed E-state index contributed by atoms with van der Waals surface area (Å²) in [6.45, 7) is 4.71. The molecular formula is C14H24NO5P. The monoisotopic (exact) mass is 317 g/mol. The summed E-state index contributed by atoms with van der Waals surface area (Å²) in [5.74, 6) is 1.36. The van der Waals surface area contributed by atoms with Crippen LogP contribution in [0.15, 0.2) is 18.2 Å². The Labute approximate surface area is 126 Å². The third-order valence-corrected chi connectivity index (χ3v) is 4.57. The molecule has 0 bridgehead atoms. The van der Waals surface area contributed by atoms with Gasteiger partial charge in [0, 0.05) is 6.54 Å². The molecule has 7 heteroatoms. The molecule has 1 N–H and O–H groups in total. The summed E-state index contributed by atoms with van der Waals surface area (Å²) in [5.41, 5.74) is 1.04. The maximum Gasteiger partial charge on any atom is 0.405 e. The van der Waals surface area contributed by atoms with E-state index in [0.29, 0.717) is 37.7 Å². The lowest BCUT2D eigenvalue weighted by Gasteiger charge is -2.17. The first kappa shape index (κ1) is 18.0. The van der Waals surface area contributed by atoms with E-state index in [4.69, 9.17) is 18.5 Å². The van der Waals surface area contributed by atoms with Gasteiger partial charge in [0.1, 0.15) is 0 Å². The van der Waals surface area contributed by atoms with Gasteiger partial charge in [-0.05, 0) is 38.0 Å². The van der Waals surface area contributed by atoms with E-state index in [1.807, 2.05) is 18.2 Å². The molecule has 1 aromatic carbocycles. The van der Waals surface area contributed by atoms with Crippen molar-refractivity contribution in [3.8, 4) is 11.5 Å². The highest BCUT2D eigenvalue weighted by Crippen LogP contribution is 2.43. The molecule has 120 valence electrons. The van der Waals surface area contributed by atoms with E-state index >= 15 is 0 Å². The summed E-state index contributed by atoms with van der Waals surface area (Å²) in [6.07, 6.45) is 0.671. The molecule has 21 heavy (non-hydrogen) atoms. The predicted molar refractivity (Wildman–Crippen MR) is 82.1 cm³/mol. The van der Waals surface area contributed by atoms with Crippen molar-refractivity contribution in [3.05, 3.63) is 23.8 Å². The highest BCUT2D eigenvalue weighted by Gasteiger charge is 2.22. The van der Waals surface area contributed by atoms with Crippen LogP contribution in [-0.2, 0) is 20.0 Å². The number of hydrogen-bond donors (Lipinski definition) is 1. The molecule has 1 rings (SSSR count). The van der Waals surface area contributed by atoms with Crippen molar-refractivity contribution in [3.63, 3.8) is 0 Å². The quantitative estimate of drug-likeness (QED) is 0.669. The van der Waals surface area contributed by atoms with Crippen molar-refractivity contribution in [2.45, 2.75) is 20.3 Å². The molecule has 0 heterocycles. The summed E-state index contributed by atoms with van der Waals surface area (Å²) in [5, 5.41) is 2.85. The van der Waals surface area contributed by atoms with Gasteiger partial charge in [-0.25, -0.2) is 9.65 Å². The second-order valence-corrected chi connectivity index (χ2v) is 6.01. The Balaban J connectivity index is 2.60. The molecule has 0 aliphatic rings. The zero-order valence-corrected chi connectivity index (χ0v) is 13.9. The van der Waals surface area contributed by atoms with Crippen LogP contribution in [-0.4, -0.2) is 34.0 Å². The number of nitrogens with one attached hydrogen (secondary N) is 1. The van der Waals surface area contributed by atoms with Crippen LogP contribution in [0.3, 0.4) is 0 Å². The average molecular weight is 317 g/mol. The van der Waals surface area contributed by atoms with E-state index in [9.17, 15) is 4.57 Å². The number of benzene rings is 1. The van der Waals surface area contributed by atoms with Crippen LogP contribution in [0.4, 0.5) is 0 Å². The van der Waals surface area contributed by atoms with Crippen LogP contribution in [0.2, 0.25) is 0 Å². The third-order valence-electron chi connectivity index (χ3n) is 2.77. The summed E-state index contributed by atoms with van der Waals surface area (Å²) in [6, 6.07) is 5.68. The second-order valence-electron chi connectivity index (χ2n) is 4.18. The lowest BCUT2D eigenvalue weighted by molar-refractivity contribution is 0.211. The normalized spacial score (nSPS) is 11.4. The molecule has 0 aliphatic heterocycles. The van der Waals surface area contributed by atoms with Gasteiger partial charge in [0.05, 0.1) is 27.4 Å². The molecule has 0 amide bonds. The predicted octanol–water partition coefficient (Wildman–Crippen LogP) is 3.02. The Bertz CT molecular complexity index is 470. The fourth-order valence-corrected chi connectivity index (χ4v) is 3.16. The van der Waals surface area contributed by atoms with E-state index < -0.39 is 7.75 Å². The van der Waals surface area contributed by atoms with Gasteiger partial charge < -0.3 is 9.47 Å². The summed E-state index contributed by atoms with van der Waals surface area (Å²) in [4.78, 5) is 0. The van der Waals surface area contributed by atoms with Crippen molar-refractivity contribution in [1.29, 1.82) is 0 Å². The molecule has 0 spiro atoms. The van der Waals surface area contributed by atoms with Crippen molar-refractivity contribution in [1.82, 2.24) is 5.09 Å². The Morgan fingerprint density at radius 1 is 1.05 bits per heavy atom. The fraction of sp³-hybridized carbons (Fsp3) is 0.571. The maximum absolute atomic E-state index is 12.2. The molecule has 0 unspecified atom stereocenters. The van der Waals surface area contributed by atoms with Gasteiger partial charge in [-0.15, -0.1) is 0 Å². The van der Waals surface area contributed by atoms with Crippen LogP contribution >= 0.6 is 7.75 Å². The Morgan fingerprint density at radius 2 is 1.67 bits per heavy atom. The van der Waals surface area contributed by atoms with Crippen LogP contribution < -0.4 is 14.6 Å². The minimum absolute atomic E-state index is 0.334. The number of ether oxygens (including phenoxy) is 2. The van der Waals surface area contributed by atoms with E-state index in [-0.39, 0.29) is 0 Å². The summed E-state index contributed by atoms with van der Waals surface area (Å²) in [7, 11) is -0.00410. The number of hydrogen-bond acceptors (Lipinski definition) is 5. The summed E-state index contributed by atoms with van der Waals surface area (Å²) >= 11 is 0. The lowest BCUT2D eigenvalue weighted by Crippen LogP contribution is -2.18. The standard InChI is InChI=1S/C14H24NO5P/c1-5-19-21(16,20-6-2)15-10-9-12-7-8-13(17-3)14(11-12)18-4/h7-8,11H,5-6,9-10H2,1-4H3,(H,15,16). The van der Waals surface area contributed by atoms with Gasteiger partial charge >= 0.3 is 7.75 Å². The van der Waals surface area contributed by atoms with Crippen molar-refractivity contribution < 1.29 is 23.1 Å². The molecule has 0 aliphatic carbocycles. The van der Waals surface area contributed by atoms with Gasteiger partial charge in [-0.2, -0.15) is 0 Å². The number of rotatable bonds is 10. The molecule has 0 saturated carbocycles. The first-order valence-corrected chi connectivity index (χ1v) is 8.48. The van der Waals surface area contributed by atoms with E-state index in [0.717, 1.165) is 5.56 Å². The molecule has 1 aromatic rings. The topological polar surface area (TPSA) is 66.0 Å². The smallest absolute Gasteiger partial charge is 0.405 e. The second kappa shape index (κ2) is 9.05. The van der Waals surface area contributed by atoms with Gasteiger partial charge in [0.2, 0.25) is 0 Å². The van der Waals surface area contributed by atoms with Gasteiger partial charge in [0.15, 0.2) is 11.5 Å². The van der Waals surface area contributed by atoms with Crippen molar-refractivity contribution >= 4 is 7.75 Å². The molecule has 6 nitrogen and oxygen atoms in total. The zero-order valence-electron chi connectivity index (χ0n) is 13.0. The minimum Gasteiger partial charge on any atom is -0.493 e. The highest BCUT2D eigenvalue weighted by molar-refractivity contribution is 7.51. The molecule has 0 atom stereocenters. The van der Waals surface area contributed by atoms with Crippen LogP contribution in [0.5, 0.6) is 11.5 Å². The molecule has 0 fully saturated rings. The van der Waals surface area contributed by atoms with E-state index in [1.165, 1.54) is 0 Å². The third kappa shape index (κ3) is 5.67. The molecule has 0 aromatic heterocycles. The first-order valence-electron chi connectivity index (χ1n) is 6.93. The van der Waals surface area contributed by atoms with Gasteiger partial charge in [-0.1, -0.05) is 6.07 Å². The van der Waals surface area contributed by atoms with Crippen LogP contribution in [0.1, 0.15) is 19.4 Å². The largest absolute Gasteiger partial charge is 0.493 e. The van der Waals surface area contributed by atoms with E-state index in [1.54, 1.807) is 28.1 Å².